The number of carbonyl (C=O) groups excluding carboxylic acids is 4. The van der Waals surface area contributed by atoms with Crippen LogP contribution in [-0.4, -0.2) is 65.8 Å². The summed E-state index contributed by atoms with van der Waals surface area (Å²) in [7, 11) is 0. The van der Waals surface area contributed by atoms with Crippen LogP contribution < -0.4 is 5.32 Å². The van der Waals surface area contributed by atoms with E-state index in [1.165, 1.54) is 0 Å². The van der Waals surface area contributed by atoms with Gasteiger partial charge >= 0.3 is 5.97 Å². The second kappa shape index (κ2) is 10.0. The van der Waals surface area contributed by atoms with Gasteiger partial charge in [-0.25, -0.2) is 0 Å². The van der Waals surface area contributed by atoms with Crippen molar-refractivity contribution in [1.29, 1.82) is 0 Å². The van der Waals surface area contributed by atoms with E-state index in [4.69, 9.17) is 4.74 Å². The summed E-state index contributed by atoms with van der Waals surface area (Å²) in [5.41, 5.74) is 2.67. The highest BCUT2D eigenvalue weighted by Gasteiger charge is 2.39. The van der Waals surface area contributed by atoms with Gasteiger partial charge in [-0.3, -0.25) is 29.4 Å². The Morgan fingerprint density at radius 2 is 2.06 bits per heavy atom. The molecule has 1 aromatic carbocycles. The molecular weight excluding hydrogens is 398 g/mol. The molecule has 2 aliphatic rings. The second-order valence-electron chi connectivity index (χ2n) is 8.18. The zero-order chi connectivity index (χ0) is 22.5. The standard InChI is InChI=1S/C23H31N3O5/c1-4-25(14-21(28)31-5-2)11-10-15(3)16-6-7-18-17(12-16)13-26(23(18)30)19-8-9-20(27)24-22(19)29/h6-7,12,15,19H,4-5,8-11,13-14H2,1-3H3,(H,24,27,29). The number of imide groups is 1. The third kappa shape index (κ3) is 5.31. The fourth-order valence-electron chi connectivity index (χ4n) is 4.18. The number of fused-ring (bicyclic) bond motifs is 1. The third-order valence-electron chi connectivity index (χ3n) is 6.10. The van der Waals surface area contributed by atoms with E-state index >= 15 is 0 Å². The predicted octanol–water partition coefficient (Wildman–Crippen LogP) is 1.83. The molecule has 0 radical (unpaired) electrons. The van der Waals surface area contributed by atoms with Crippen LogP contribution in [0.15, 0.2) is 18.2 Å². The smallest absolute Gasteiger partial charge is 0.320 e. The summed E-state index contributed by atoms with van der Waals surface area (Å²) in [5, 5.41) is 2.33. The molecule has 1 aromatic rings. The number of esters is 1. The van der Waals surface area contributed by atoms with E-state index in [2.05, 4.69) is 17.1 Å². The molecule has 31 heavy (non-hydrogen) atoms. The maximum absolute atomic E-state index is 12.8. The van der Waals surface area contributed by atoms with Crippen molar-refractivity contribution < 1.29 is 23.9 Å². The molecule has 0 bridgehead atoms. The van der Waals surface area contributed by atoms with Crippen LogP contribution in [0, 0.1) is 0 Å². The Labute approximate surface area is 182 Å². The monoisotopic (exact) mass is 429 g/mol. The molecular formula is C23H31N3O5. The Bertz CT molecular complexity index is 869. The van der Waals surface area contributed by atoms with Crippen molar-refractivity contribution in [3.05, 3.63) is 34.9 Å². The van der Waals surface area contributed by atoms with E-state index in [0.717, 1.165) is 30.6 Å². The van der Waals surface area contributed by atoms with Gasteiger partial charge in [-0.05, 0) is 56.0 Å². The lowest BCUT2D eigenvalue weighted by Gasteiger charge is -2.29. The van der Waals surface area contributed by atoms with Gasteiger partial charge in [0.1, 0.15) is 6.04 Å². The first-order valence-corrected chi connectivity index (χ1v) is 11.0. The molecule has 3 amide bonds. The normalized spacial score (nSPS) is 19.4. The van der Waals surface area contributed by atoms with Crippen molar-refractivity contribution in [3.8, 4) is 0 Å². The number of rotatable bonds is 9. The van der Waals surface area contributed by atoms with E-state index in [1.807, 2.05) is 25.1 Å². The maximum Gasteiger partial charge on any atom is 0.320 e. The highest BCUT2D eigenvalue weighted by atomic mass is 16.5. The largest absolute Gasteiger partial charge is 0.465 e. The van der Waals surface area contributed by atoms with Crippen LogP contribution in [0.25, 0.3) is 0 Å². The summed E-state index contributed by atoms with van der Waals surface area (Å²) in [5.74, 6) is -0.795. The van der Waals surface area contributed by atoms with Crippen LogP contribution in [-0.2, 0) is 25.7 Å². The van der Waals surface area contributed by atoms with Crippen molar-refractivity contribution in [3.63, 3.8) is 0 Å². The molecule has 8 heteroatoms. The van der Waals surface area contributed by atoms with Gasteiger partial charge in [0.05, 0.1) is 13.2 Å². The highest BCUT2D eigenvalue weighted by Crippen LogP contribution is 2.30. The number of nitrogens with one attached hydrogen (secondary N) is 1. The molecule has 1 saturated heterocycles. The van der Waals surface area contributed by atoms with E-state index in [-0.39, 0.29) is 36.7 Å². The van der Waals surface area contributed by atoms with Gasteiger partial charge in [0.25, 0.3) is 5.91 Å². The Kier molecular flexibility index (Phi) is 7.43. The summed E-state index contributed by atoms with van der Waals surface area (Å²) in [6.07, 6.45) is 1.48. The quantitative estimate of drug-likeness (QED) is 0.475. The summed E-state index contributed by atoms with van der Waals surface area (Å²) in [6.45, 7) is 8.55. The van der Waals surface area contributed by atoms with E-state index in [9.17, 15) is 19.2 Å². The average molecular weight is 430 g/mol. The predicted molar refractivity (Wildman–Crippen MR) is 114 cm³/mol. The molecule has 0 aromatic heterocycles. The van der Waals surface area contributed by atoms with Gasteiger partial charge in [0, 0.05) is 18.5 Å². The lowest BCUT2D eigenvalue weighted by Crippen LogP contribution is -2.52. The van der Waals surface area contributed by atoms with Gasteiger partial charge in [0.15, 0.2) is 0 Å². The van der Waals surface area contributed by atoms with Gasteiger partial charge < -0.3 is 9.64 Å². The molecule has 3 rings (SSSR count). The molecule has 168 valence electrons. The highest BCUT2D eigenvalue weighted by molar-refractivity contribution is 6.05. The summed E-state index contributed by atoms with van der Waals surface area (Å²) < 4.78 is 5.04. The number of hydrogen-bond acceptors (Lipinski definition) is 6. The van der Waals surface area contributed by atoms with Crippen molar-refractivity contribution in [1.82, 2.24) is 15.1 Å². The minimum atomic E-state index is -0.598. The number of hydrogen-bond donors (Lipinski definition) is 1. The first-order valence-electron chi connectivity index (χ1n) is 11.0. The van der Waals surface area contributed by atoms with Crippen LogP contribution >= 0.6 is 0 Å². The van der Waals surface area contributed by atoms with E-state index in [0.29, 0.717) is 25.1 Å². The minimum absolute atomic E-state index is 0.157. The van der Waals surface area contributed by atoms with E-state index in [1.54, 1.807) is 11.8 Å². The van der Waals surface area contributed by atoms with Crippen molar-refractivity contribution in [2.75, 3.05) is 26.2 Å². The van der Waals surface area contributed by atoms with Crippen molar-refractivity contribution in [2.45, 2.75) is 58.5 Å². The average Bonchev–Trinajstić information content (AvgIpc) is 3.06. The fourth-order valence-corrected chi connectivity index (χ4v) is 4.18. The van der Waals surface area contributed by atoms with Crippen LogP contribution in [0.3, 0.4) is 0 Å². The Hall–Kier alpha value is -2.74. The number of nitrogens with zero attached hydrogens (tertiary/aromatic N) is 2. The molecule has 2 heterocycles. The number of likely N-dealkylation sites (N-methyl/N-ethyl adjacent to an activating group) is 1. The molecule has 2 aliphatic heterocycles. The first-order chi connectivity index (χ1) is 14.8. The molecule has 2 atom stereocenters. The summed E-state index contributed by atoms with van der Waals surface area (Å²) >= 11 is 0. The maximum atomic E-state index is 12.8. The van der Waals surface area contributed by atoms with Crippen LogP contribution in [0.1, 0.15) is 67.4 Å². The van der Waals surface area contributed by atoms with Crippen LogP contribution in [0.4, 0.5) is 0 Å². The lowest BCUT2D eigenvalue weighted by molar-refractivity contribution is -0.144. The van der Waals surface area contributed by atoms with Crippen molar-refractivity contribution in [2.24, 2.45) is 0 Å². The lowest BCUT2D eigenvalue weighted by atomic mass is 9.94. The Morgan fingerprint density at radius 1 is 1.29 bits per heavy atom. The molecule has 0 spiro atoms. The summed E-state index contributed by atoms with van der Waals surface area (Å²) in [4.78, 5) is 51.8. The second-order valence-corrected chi connectivity index (χ2v) is 8.18. The van der Waals surface area contributed by atoms with Crippen molar-refractivity contribution >= 4 is 23.7 Å². The third-order valence-corrected chi connectivity index (χ3v) is 6.10. The van der Waals surface area contributed by atoms with Crippen LogP contribution in [0.2, 0.25) is 0 Å². The number of piperidine rings is 1. The molecule has 2 unspecified atom stereocenters. The van der Waals surface area contributed by atoms with E-state index < -0.39 is 11.9 Å². The molecule has 0 saturated carbocycles. The minimum Gasteiger partial charge on any atom is -0.465 e. The molecule has 0 aliphatic carbocycles. The van der Waals surface area contributed by atoms with Gasteiger partial charge in [-0.2, -0.15) is 0 Å². The van der Waals surface area contributed by atoms with Crippen LogP contribution in [0.5, 0.6) is 0 Å². The molecule has 8 nitrogen and oxygen atoms in total. The number of amides is 3. The van der Waals surface area contributed by atoms with Gasteiger partial charge in [-0.15, -0.1) is 0 Å². The molecule has 1 fully saturated rings. The van der Waals surface area contributed by atoms with Gasteiger partial charge in [0.2, 0.25) is 11.8 Å². The molecule has 1 N–H and O–H groups in total. The zero-order valence-corrected chi connectivity index (χ0v) is 18.5. The number of ether oxygens (including phenoxy) is 1. The SMILES string of the molecule is CCOC(=O)CN(CC)CCC(C)c1ccc2c(c1)CN(C1CCC(=O)NC1=O)C2=O. The Balaban J connectivity index is 1.62. The van der Waals surface area contributed by atoms with Gasteiger partial charge in [-0.1, -0.05) is 26.0 Å². The zero-order valence-electron chi connectivity index (χ0n) is 18.5. The first kappa shape index (κ1) is 22.9. The fraction of sp³-hybridized carbons (Fsp3) is 0.565. The summed E-state index contributed by atoms with van der Waals surface area (Å²) in [6, 6.07) is 5.26. The topological polar surface area (TPSA) is 96.0 Å². The number of benzene rings is 1. The number of carbonyl (C=O) groups is 4. The Morgan fingerprint density at radius 3 is 2.74 bits per heavy atom.